The van der Waals surface area contributed by atoms with Crippen molar-refractivity contribution in [1.29, 1.82) is 0 Å². The van der Waals surface area contributed by atoms with Crippen LogP contribution in [0, 0.1) is 0 Å². The van der Waals surface area contributed by atoms with E-state index in [1.807, 2.05) is 12.1 Å². The van der Waals surface area contributed by atoms with Crippen molar-refractivity contribution in [3.05, 3.63) is 20.8 Å². The first-order chi connectivity index (χ1) is 7.08. The monoisotopic (exact) mass is 292 g/mol. The van der Waals surface area contributed by atoms with Crippen molar-refractivity contribution in [2.24, 2.45) is 0 Å². The molecule has 1 aromatic rings. The van der Waals surface area contributed by atoms with Crippen LogP contribution in [0.5, 0.6) is 0 Å². The molecule has 3 N–H and O–H groups in total. The number of thiophene rings is 1. The number of hydrogen-bond donors (Lipinski definition) is 3. The van der Waals surface area contributed by atoms with Crippen LogP contribution >= 0.6 is 27.3 Å². The van der Waals surface area contributed by atoms with Gasteiger partial charge in [-0.05, 0) is 28.1 Å². The Morgan fingerprint density at radius 1 is 1.40 bits per heavy atom. The summed E-state index contributed by atoms with van der Waals surface area (Å²) in [6.45, 7) is 0.0156. The highest BCUT2D eigenvalue weighted by Crippen LogP contribution is 2.21. The number of amides is 2. The molecule has 1 rings (SSSR count). The highest BCUT2D eigenvalue weighted by Gasteiger charge is 2.03. The van der Waals surface area contributed by atoms with Gasteiger partial charge >= 0.3 is 12.0 Å². The van der Waals surface area contributed by atoms with Gasteiger partial charge < -0.3 is 15.7 Å². The maximum absolute atomic E-state index is 11.0. The van der Waals surface area contributed by atoms with Crippen LogP contribution in [0.4, 0.5) is 4.79 Å². The Morgan fingerprint density at radius 2 is 2.13 bits per heavy atom. The van der Waals surface area contributed by atoms with E-state index in [0.717, 1.165) is 8.66 Å². The number of halogens is 1. The summed E-state index contributed by atoms with van der Waals surface area (Å²) in [5.41, 5.74) is 0. The summed E-state index contributed by atoms with van der Waals surface area (Å²) in [5.74, 6) is -1.07. The minimum Gasteiger partial charge on any atom is -0.480 e. The van der Waals surface area contributed by atoms with Crippen LogP contribution < -0.4 is 10.6 Å². The quantitative estimate of drug-likeness (QED) is 0.785. The third kappa shape index (κ3) is 4.80. The average molecular weight is 293 g/mol. The molecule has 0 aromatic carbocycles. The zero-order chi connectivity index (χ0) is 11.3. The van der Waals surface area contributed by atoms with Gasteiger partial charge in [-0.25, -0.2) is 4.79 Å². The average Bonchev–Trinajstić information content (AvgIpc) is 2.58. The Hall–Kier alpha value is -1.08. The van der Waals surface area contributed by atoms with Gasteiger partial charge in [0.2, 0.25) is 0 Å². The van der Waals surface area contributed by atoms with Crippen LogP contribution in [0.1, 0.15) is 4.88 Å². The molecular weight excluding hydrogens is 284 g/mol. The summed E-state index contributed by atoms with van der Waals surface area (Å²) >= 11 is 4.81. The highest BCUT2D eigenvalue weighted by molar-refractivity contribution is 9.11. The van der Waals surface area contributed by atoms with Gasteiger partial charge in [0.1, 0.15) is 6.54 Å². The fourth-order valence-electron chi connectivity index (χ4n) is 0.833. The van der Waals surface area contributed by atoms with Crippen molar-refractivity contribution in [3.8, 4) is 0 Å². The summed E-state index contributed by atoms with van der Waals surface area (Å²) in [7, 11) is 0. The predicted molar refractivity (Wildman–Crippen MR) is 59.9 cm³/mol. The Morgan fingerprint density at radius 3 is 2.67 bits per heavy atom. The van der Waals surface area contributed by atoms with Gasteiger partial charge in [-0.15, -0.1) is 11.3 Å². The van der Waals surface area contributed by atoms with E-state index in [0.29, 0.717) is 6.54 Å². The van der Waals surface area contributed by atoms with Crippen LogP contribution in [0.3, 0.4) is 0 Å². The molecule has 0 aliphatic carbocycles. The highest BCUT2D eigenvalue weighted by atomic mass is 79.9. The number of aliphatic carboxylic acids is 1. The molecule has 5 nitrogen and oxygen atoms in total. The summed E-state index contributed by atoms with van der Waals surface area (Å²) in [6, 6.07) is 3.28. The molecule has 7 heteroatoms. The van der Waals surface area contributed by atoms with Gasteiger partial charge in [0.15, 0.2) is 0 Å². The van der Waals surface area contributed by atoms with E-state index in [1.54, 1.807) is 0 Å². The minimum absolute atomic E-state index is 0.375. The summed E-state index contributed by atoms with van der Waals surface area (Å²) in [4.78, 5) is 22.2. The van der Waals surface area contributed by atoms with Gasteiger partial charge in [-0.3, -0.25) is 4.79 Å². The molecule has 0 aliphatic heterocycles. The first-order valence-electron chi connectivity index (χ1n) is 4.05. The van der Waals surface area contributed by atoms with Crippen LogP contribution in [0.2, 0.25) is 0 Å². The molecule has 0 bridgehead atoms. The Bertz CT molecular complexity index is 367. The zero-order valence-electron chi connectivity index (χ0n) is 7.62. The van der Waals surface area contributed by atoms with E-state index in [-0.39, 0.29) is 6.54 Å². The van der Waals surface area contributed by atoms with Crippen molar-refractivity contribution in [2.45, 2.75) is 6.54 Å². The molecule has 0 saturated carbocycles. The maximum atomic E-state index is 11.0. The molecule has 1 heterocycles. The minimum atomic E-state index is -1.07. The van der Waals surface area contributed by atoms with E-state index in [2.05, 4.69) is 26.6 Å². The summed E-state index contributed by atoms with van der Waals surface area (Å²) in [6.07, 6.45) is 0. The SMILES string of the molecule is O=C(O)CNC(=O)NCc1ccc(Br)s1. The molecule has 15 heavy (non-hydrogen) atoms. The van der Waals surface area contributed by atoms with Gasteiger partial charge in [-0.2, -0.15) is 0 Å². The third-order valence-electron chi connectivity index (χ3n) is 1.45. The number of carboxylic acid groups (broad SMARTS) is 1. The second-order valence-electron chi connectivity index (χ2n) is 2.64. The van der Waals surface area contributed by atoms with Gasteiger partial charge in [0.25, 0.3) is 0 Å². The van der Waals surface area contributed by atoms with Crippen molar-refractivity contribution in [2.75, 3.05) is 6.54 Å². The second-order valence-corrected chi connectivity index (χ2v) is 5.18. The van der Waals surface area contributed by atoms with Gasteiger partial charge in [0.05, 0.1) is 10.3 Å². The third-order valence-corrected chi connectivity index (χ3v) is 3.08. The first-order valence-corrected chi connectivity index (χ1v) is 5.66. The number of hydrogen-bond acceptors (Lipinski definition) is 3. The number of rotatable bonds is 4. The molecule has 0 unspecified atom stereocenters. The topological polar surface area (TPSA) is 78.4 Å². The molecule has 1 aromatic heterocycles. The van der Waals surface area contributed by atoms with E-state index in [9.17, 15) is 9.59 Å². The van der Waals surface area contributed by atoms with Crippen LogP contribution in [0.15, 0.2) is 15.9 Å². The molecule has 0 saturated heterocycles. The van der Waals surface area contributed by atoms with Crippen LogP contribution in [0.25, 0.3) is 0 Å². The predicted octanol–water partition coefficient (Wildman–Crippen LogP) is 1.39. The number of carbonyl (C=O) groups is 2. The van der Waals surface area contributed by atoms with Crippen molar-refractivity contribution < 1.29 is 14.7 Å². The second kappa shape index (κ2) is 5.72. The lowest BCUT2D eigenvalue weighted by Gasteiger charge is -2.03. The van der Waals surface area contributed by atoms with Gasteiger partial charge in [0, 0.05) is 4.88 Å². The fourth-order valence-corrected chi connectivity index (χ4v) is 2.26. The van der Waals surface area contributed by atoms with Crippen molar-refractivity contribution in [3.63, 3.8) is 0 Å². The first kappa shape index (κ1) is 12.0. The lowest BCUT2D eigenvalue weighted by Crippen LogP contribution is -2.37. The normalized spacial score (nSPS) is 9.67. The van der Waals surface area contributed by atoms with Crippen LogP contribution in [-0.4, -0.2) is 23.7 Å². The van der Waals surface area contributed by atoms with E-state index >= 15 is 0 Å². The van der Waals surface area contributed by atoms with Crippen LogP contribution in [-0.2, 0) is 11.3 Å². The Balaban J connectivity index is 2.25. The fraction of sp³-hybridized carbons (Fsp3) is 0.250. The van der Waals surface area contributed by atoms with E-state index in [1.165, 1.54) is 11.3 Å². The van der Waals surface area contributed by atoms with E-state index < -0.39 is 12.0 Å². The number of carbonyl (C=O) groups excluding carboxylic acids is 1. The zero-order valence-corrected chi connectivity index (χ0v) is 10.0. The largest absolute Gasteiger partial charge is 0.480 e. The smallest absolute Gasteiger partial charge is 0.323 e. The van der Waals surface area contributed by atoms with Gasteiger partial charge in [-0.1, -0.05) is 0 Å². The molecule has 0 spiro atoms. The number of urea groups is 1. The molecule has 0 aliphatic rings. The Kier molecular flexibility index (Phi) is 4.57. The molecule has 0 atom stereocenters. The standard InChI is InChI=1S/C8H9BrN2O3S/c9-6-2-1-5(15-6)3-10-8(14)11-4-7(12)13/h1-2H,3-4H2,(H,12,13)(H2,10,11,14). The summed E-state index contributed by atoms with van der Waals surface area (Å²) in [5, 5.41) is 13.1. The molecule has 82 valence electrons. The number of nitrogens with one attached hydrogen (secondary N) is 2. The molecule has 0 radical (unpaired) electrons. The number of carboxylic acids is 1. The summed E-state index contributed by atoms with van der Waals surface area (Å²) < 4.78 is 0.991. The lowest BCUT2D eigenvalue weighted by atomic mass is 10.5. The van der Waals surface area contributed by atoms with E-state index in [4.69, 9.17) is 5.11 Å². The molecule has 2 amide bonds. The van der Waals surface area contributed by atoms with Crippen molar-refractivity contribution >= 4 is 39.3 Å². The van der Waals surface area contributed by atoms with Crippen molar-refractivity contribution in [1.82, 2.24) is 10.6 Å². The lowest BCUT2D eigenvalue weighted by molar-refractivity contribution is -0.135. The molecule has 0 fully saturated rings. The molecular formula is C8H9BrN2O3S. The maximum Gasteiger partial charge on any atom is 0.323 e. The Labute approximate surface area is 98.6 Å².